The van der Waals surface area contributed by atoms with Crippen LogP contribution in [0.1, 0.15) is 47.6 Å². The van der Waals surface area contributed by atoms with E-state index in [0.29, 0.717) is 5.39 Å². The van der Waals surface area contributed by atoms with E-state index in [1.165, 1.54) is 24.5 Å². The highest BCUT2D eigenvalue weighted by molar-refractivity contribution is 5.88. The van der Waals surface area contributed by atoms with Crippen LogP contribution < -0.4 is 0 Å². The van der Waals surface area contributed by atoms with Gasteiger partial charge < -0.3 is 0 Å². The zero-order valence-electron chi connectivity index (χ0n) is 17.6. The Bertz CT molecular complexity index is 1300. The highest BCUT2D eigenvalue weighted by Crippen LogP contribution is 2.21. The van der Waals surface area contributed by atoms with Crippen LogP contribution in [0.4, 0.5) is 4.39 Å². The van der Waals surface area contributed by atoms with Crippen molar-refractivity contribution in [3.8, 4) is 23.7 Å². The zero-order valence-corrected chi connectivity index (χ0v) is 17.6. The summed E-state index contributed by atoms with van der Waals surface area (Å²) in [6, 6.07) is 27.0. The van der Waals surface area contributed by atoms with E-state index in [2.05, 4.69) is 54.9 Å². The molecule has 1 heteroatoms. The van der Waals surface area contributed by atoms with Crippen molar-refractivity contribution in [1.29, 1.82) is 0 Å². The van der Waals surface area contributed by atoms with E-state index >= 15 is 0 Å². The van der Waals surface area contributed by atoms with Gasteiger partial charge in [-0.1, -0.05) is 73.4 Å². The predicted octanol–water partition coefficient (Wildman–Crippen LogP) is 7.12. The lowest BCUT2D eigenvalue weighted by Crippen LogP contribution is -1.85. The van der Waals surface area contributed by atoms with Gasteiger partial charge in [0.15, 0.2) is 0 Å². The van der Waals surface area contributed by atoms with E-state index in [9.17, 15) is 4.39 Å². The smallest absolute Gasteiger partial charge is 0.131 e. The van der Waals surface area contributed by atoms with Gasteiger partial charge in [-0.25, -0.2) is 4.39 Å². The Balaban J connectivity index is 1.48. The van der Waals surface area contributed by atoms with E-state index in [4.69, 9.17) is 0 Å². The Morgan fingerprint density at radius 1 is 0.613 bits per heavy atom. The summed E-state index contributed by atoms with van der Waals surface area (Å²) in [5.74, 6) is 12.6. The van der Waals surface area contributed by atoms with Crippen LogP contribution in [0.2, 0.25) is 0 Å². The van der Waals surface area contributed by atoms with Gasteiger partial charge in [0.05, 0.1) is 0 Å². The highest BCUT2D eigenvalue weighted by Gasteiger charge is 2.03. The molecule has 0 radical (unpaired) electrons. The van der Waals surface area contributed by atoms with Crippen molar-refractivity contribution in [2.75, 3.05) is 0 Å². The van der Waals surface area contributed by atoms with Crippen LogP contribution in [0.15, 0.2) is 84.9 Å². The molecule has 0 unspecified atom stereocenters. The third-order valence-electron chi connectivity index (χ3n) is 5.22. The van der Waals surface area contributed by atoms with E-state index < -0.39 is 0 Å². The number of halogens is 1. The fourth-order valence-corrected chi connectivity index (χ4v) is 3.43. The van der Waals surface area contributed by atoms with Gasteiger partial charge in [0.25, 0.3) is 0 Å². The summed E-state index contributed by atoms with van der Waals surface area (Å²) in [4.78, 5) is 0. The SMILES string of the molecule is CCCCc1ccc(C#Cc2ccc(C#Cc3ccc(F)c4ccccc34)cc2)cc1. The molecule has 0 saturated carbocycles. The number of aryl methyl sites for hydroxylation is 1. The Hall–Kier alpha value is -3.81. The lowest BCUT2D eigenvalue weighted by Gasteiger charge is -2.01. The van der Waals surface area contributed by atoms with E-state index in [-0.39, 0.29) is 5.82 Å². The molecule has 0 amide bonds. The molecule has 0 spiro atoms. The Labute approximate surface area is 183 Å². The Kier molecular flexibility index (Phi) is 6.47. The second-order valence-corrected chi connectivity index (χ2v) is 7.52. The first kappa shape index (κ1) is 20.5. The first-order valence-corrected chi connectivity index (χ1v) is 10.6. The van der Waals surface area contributed by atoms with Crippen molar-refractivity contribution in [2.45, 2.75) is 26.2 Å². The molecule has 4 aromatic carbocycles. The van der Waals surface area contributed by atoms with Crippen LogP contribution in [0.3, 0.4) is 0 Å². The van der Waals surface area contributed by atoms with Gasteiger partial charge in [0.2, 0.25) is 0 Å². The lowest BCUT2D eigenvalue weighted by molar-refractivity contribution is 0.640. The summed E-state index contributed by atoms with van der Waals surface area (Å²) in [5, 5.41) is 1.43. The second kappa shape index (κ2) is 9.80. The molecule has 0 aliphatic heterocycles. The molecule has 0 atom stereocenters. The van der Waals surface area contributed by atoms with Crippen LogP contribution >= 0.6 is 0 Å². The van der Waals surface area contributed by atoms with Crippen molar-refractivity contribution in [2.24, 2.45) is 0 Å². The van der Waals surface area contributed by atoms with Crippen LogP contribution in [-0.4, -0.2) is 0 Å². The van der Waals surface area contributed by atoms with Crippen LogP contribution in [0.25, 0.3) is 10.8 Å². The molecule has 4 rings (SSSR count). The fraction of sp³-hybridized carbons (Fsp3) is 0.133. The molecule has 0 N–H and O–H groups in total. The molecular formula is C30H23F. The molecule has 0 bridgehead atoms. The van der Waals surface area contributed by atoms with Crippen LogP contribution in [0, 0.1) is 29.5 Å². The maximum Gasteiger partial charge on any atom is 0.131 e. The molecule has 0 aliphatic carbocycles. The molecule has 0 nitrogen and oxygen atoms in total. The topological polar surface area (TPSA) is 0 Å². The second-order valence-electron chi connectivity index (χ2n) is 7.52. The predicted molar refractivity (Wildman–Crippen MR) is 127 cm³/mol. The minimum atomic E-state index is -0.223. The van der Waals surface area contributed by atoms with Gasteiger partial charge >= 0.3 is 0 Å². The van der Waals surface area contributed by atoms with Gasteiger partial charge in [-0.15, -0.1) is 0 Å². The summed E-state index contributed by atoms with van der Waals surface area (Å²) in [5.41, 5.74) is 5.06. The van der Waals surface area contributed by atoms with Gasteiger partial charge in [0, 0.05) is 33.0 Å². The molecule has 31 heavy (non-hydrogen) atoms. The van der Waals surface area contributed by atoms with Crippen molar-refractivity contribution < 1.29 is 4.39 Å². The third kappa shape index (κ3) is 5.22. The number of hydrogen-bond acceptors (Lipinski definition) is 0. The van der Waals surface area contributed by atoms with Gasteiger partial charge in [-0.05, 0) is 66.9 Å². The van der Waals surface area contributed by atoms with Crippen molar-refractivity contribution in [3.63, 3.8) is 0 Å². The maximum atomic E-state index is 14.0. The summed E-state index contributed by atoms with van der Waals surface area (Å²) < 4.78 is 14.0. The first-order valence-electron chi connectivity index (χ1n) is 10.6. The number of unbranched alkanes of at least 4 members (excludes halogenated alkanes) is 1. The Morgan fingerprint density at radius 3 is 1.77 bits per heavy atom. The lowest BCUT2D eigenvalue weighted by atomic mass is 10.0. The van der Waals surface area contributed by atoms with Gasteiger partial charge in [0.1, 0.15) is 5.82 Å². The average Bonchev–Trinajstić information content (AvgIpc) is 2.82. The highest BCUT2D eigenvalue weighted by atomic mass is 19.1. The maximum absolute atomic E-state index is 14.0. The van der Waals surface area contributed by atoms with Crippen molar-refractivity contribution >= 4 is 10.8 Å². The number of rotatable bonds is 3. The van der Waals surface area contributed by atoms with Gasteiger partial charge in [-0.2, -0.15) is 0 Å². The third-order valence-corrected chi connectivity index (χ3v) is 5.22. The number of benzene rings is 4. The quantitative estimate of drug-likeness (QED) is 0.320. The van der Waals surface area contributed by atoms with E-state index in [0.717, 1.165) is 34.1 Å². The first-order chi connectivity index (χ1) is 15.2. The summed E-state index contributed by atoms with van der Waals surface area (Å²) in [7, 11) is 0. The fourth-order valence-electron chi connectivity index (χ4n) is 3.43. The summed E-state index contributed by atoms with van der Waals surface area (Å²) in [6.07, 6.45) is 3.56. The van der Waals surface area contributed by atoms with Crippen molar-refractivity contribution in [3.05, 3.63) is 119 Å². The van der Waals surface area contributed by atoms with Crippen molar-refractivity contribution in [1.82, 2.24) is 0 Å². The Morgan fingerprint density at radius 2 is 1.16 bits per heavy atom. The monoisotopic (exact) mass is 402 g/mol. The van der Waals surface area contributed by atoms with Crippen LogP contribution in [-0.2, 0) is 6.42 Å². The standard InChI is InChI=1S/C30H23F/c1-2-3-6-23-9-11-24(12-10-23)13-14-25-15-17-26(18-16-25)19-20-27-21-22-30(31)29-8-5-4-7-28(27)29/h4-5,7-12,15-18,21-22H,2-3,6H2,1H3. The summed E-state index contributed by atoms with van der Waals surface area (Å²) >= 11 is 0. The molecule has 0 heterocycles. The minimum Gasteiger partial charge on any atom is -0.206 e. The average molecular weight is 403 g/mol. The number of hydrogen-bond donors (Lipinski definition) is 0. The van der Waals surface area contributed by atoms with Crippen LogP contribution in [0.5, 0.6) is 0 Å². The molecule has 0 fully saturated rings. The molecule has 4 aromatic rings. The van der Waals surface area contributed by atoms with E-state index in [1.54, 1.807) is 12.1 Å². The molecule has 0 saturated heterocycles. The van der Waals surface area contributed by atoms with Gasteiger partial charge in [-0.3, -0.25) is 0 Å². The molecule has 0 aliphatic rings. The molecular weight excluding hydrogens is 379 g/mol. The zero-order chi connectivity index (χ0) is 21.5. The van der Waals surface area contributed by atoms with E-state index in [1.807, 2.05) is 42.5 Å². The molecule has 150 valence electrons. The summed E-state index contributed by atoms with van der Waals surface area (Å²) in [6.45, 7) is 2.21. The largest absolute Gasteiger partial charge is 0.206 e. The normalized spacial score (nSPS) is 10.1. The number of fused-ring (bicyclic) bond motifs is 1. The minimum absolute atomic E-state index is 0.223. The molecule has 0 aromatic heterocycles.